The van der Waals surface area contributed by atoms with E-state index in [1.165, 1.54) is 27.6 Å². The molecule has 31 heteroatoms. The number of ketones is 2. The Morgan fingerprint density at radius 3 is 1.15 bits per heavy atom. The summed E-state index contributed by atoms with van der Waals surface area (Å²) in [6.45, 7) is 4.56. The minimum absolute atomic E-state index is 0. The van der Waals surface area contributed by atoms with Crippen LogP contribution in [-0.4, -0.2) is 135 Å². The van der Waals surface area contributed by atoms with E-state index in [1.54, 1.807) is 29.5 Å². The summed E-state index contributed by atoms with van der Waals surface area (Å²) in [5.74, 6) is -3.05. The van der Waals surface area contributed by atoms with Crippen LogP contribution in [0.3, 0.4) is 0 Å². The van der Waals surface area contributed by atoms with Crippen LogP contribution in [0.5, 0.6) is 0 Å². The third kappa shape index (κ3) is 44.3. The Morgan fingerprint density at radius 1 is 0.613 bits per heavy atom. The first-order valence-corrected chi connectivity index (χ1v) is 44.0. The number of aryl methyl sites for hydroxylation is 6. The Hall–Kier alpha value is -5.15. The van der Waals surface area contributed by atoms with Gasteiger partial charge in [0.25, 0.3) is 0 Å². The number of unbranched alkanes of at least 4 members (excludes halogenated alkanes) is 2. The van der Waals surface area contributed by atoms with Gasteiger partial charge in [-0.1, -0.05) is 54.6 Å². The number of hydrogen-bond acceptors (Lipinski definition) is 9. The Bertz CT molecular complexity index is 3170. The molecule has 3 aromatic carbocycles. The van der Waals surface area contributed by atoms with Crippen LogP contribution >= 0.6 is 51.5 Å². The largest absolute Gasteiger partial charge is 1.00 e. The Morgan fingerprint density at radius 2 is 0.903 bits per heavy atom. The van der Waals surface area contributed by atoms with Crippen LogP contribution in [0, 0.1) is 0 Å². The number of H-pyrrole nitrogens is 3. The van der Waals surface area contributed by atoms with E-state index in [1.807, 2.05) is 135 Å². The Balaban J connectivity index is 0. The number of benzene rings is 3. The van der Waals surface area contributed by atoms with E-state index >= 15 is 0 Å². The van der Waals surface area contributed by atoms with E-state index in [0.717, 1.165) is 98.6 Å². The van der Waals surface area contributed by atoms with Crippen molar-refractivity contribution in [3.05, 3.63) is 187 Å². The molecular weight excluding hydrogens is 1810 g/mol. The van der Waals surface area contributed by atoms with Crippen molar-refractivity contribution in [1.29, 1.82) is 0 Å². The molecule has 0 spiro atoms. The van der Waals surface area contributed by atoms with Gasteiger partial charge in [-0.05, 0) is 104 Å². The number of para-hydroxylation sites is 3. The van der Waals surface area contributed by atoms with Gasteiger partial charge >= 0.3 is 84.2 Å². The summed E-state index contributed by atoms with van der Waals surface area (Å²) < 4.78 is 39.4. The average Bonchev–Trinajstić information content (AvgIpc) is 1.75. The zero-order valence-electron chi connectivity index (χ0n) is 51.6. The number of nitrogens with one attached hydrogen (secondary N) is 7. The number of carboxylic acid groups (broad SMARTS) is 2. The molecule has 9 rings (SSSR count). The maximum absolute atomic E-state index is 12.0. The molecule has 0 aliphatic heterocycles. The number of hydrogen-bond donors (Lipinski definition) is 5. The molecule has 0 amide bonds. The monoisotopic (exact) mass is 1890 g/mol. The molecule has 0 bridgehead atoms. The second-order valence-electron chi connectivity index (χ2n) is 19.4. The standard InChI is InChI=1S/2C18H21N3O.C11H11NO2.C6H11N3.C3H7ClN.C2HF3O2.2C2H6N2.3BrH.ClH.2Pt/c2*22-16(5-3-4-11-21-12-10-19-14-21)9-8-15-13-20-18-7-2-1-6-17(15)18;13-11(14)6-5-8-7-12-10-4-2-1-3-9(8)10;7-2-1-4-9-5-3-8-6-9;1-5(2)3-4;3-2(4,5)1(6)7;2*3-1-2-4;;;;;;/h2*1-2,6-7,10,12-14,20H,3-5,8-9,11H2;1-4,7,12H,5-6H2,(H,13,14);3,5-6H,1-2,4,7H2;3H,1-2H3;(H,6,7);2*3-4H,1-2H2;4*1H;;/q;;;;+1;;2*-2;;;;;+1;+4/p-5. The SMILES string of the molecule is C[N+](C)=CCl.NCCCn1ccnc1.O=C(CCCCn1ccnc1)CCc1c[nH]c2ccccc12.O=C(CCCCn1ccnc1)CCc1c[nH]c2ccccc12.O=C(O)CCc1c[nH]c2ccccc12.O=C([O-])C(F)(F)F.[Br][Pt+2][Br].[Br][Pt].[Cl-].[NH-]CC[NH-].[NH-]CC[NH-]. The van der Waals surface area contributed by atoms with Crippen LogP contribution < -0.4 is 23.2 Å². The van der Waals surface area contributed by atoms with Crippen LogP contribution in [-0.2, 0) is 90.3 Å². The van der Waals surface area contributed by atoms with Crippen LogP contribution in [0.1, 0.15) is 80.9 Å². The average molecular weight is 1890 g/mol. The zero-order chi connectivity index (χ0) is 68.8. The molecule has 9 aromatic rings. The van der Waals surface area contributed by atoms with Gasteiger partial charge in [-0.15, -0.1) is 0 Å². The summed E-state index contributed by atoms with van der Waals surface area (Å²) in [5.41, 5.74) is 38.7. The van der Waals surface area contributed by atoms with E-state index in [-0.39, 0.29) is 59.5 Å². The van der Waals surface area contributed by atoms with Gasteiger partial charge in [0, 0.05) is 140 Å². The first-order chi connectivity index (χ1) is 44.3. The molecule has 0 unspecified atom stereocenters. The molecular formula is C62H83Br3Cl2F3N15O6Pt2-3. The van der Waals surface area contributed by atoms with Crippen molar-refractivity contribution in [3.63, 3.8) is 0 Å². The number of carboxylic acids is 2. The maximum Gasteiger partial charge on any atom is -0.171 e. The summed E-state index contributed by atoms with van der Waals surface area (Å²) in [6, 6.07) is 24.4. The van der Waals surface area contributed by atoms with Gasteiger partial charge in [-0.2, -0.15) is 39.4 Å². The second-order valence-corrected chi connectivity index (χ2v) is 29.5. The first-order valence-electron chi connectivity index (χ1n) is 28.7. The van der Waals surface area contributed by atoms with E-state index in [0.29, 0.717) is 43.7 Å². The number of fused-ring (bicyclic) bond motifs is 3. The summed E-state index contributed by atoms with van der Waals surface area (Å²) >= 11 is 16.6. The maximum atomic E-state index is 12.0. The van der Waals surface area contributed by atoms with Gasteiger partial charge < -0.3 is 84.7 Å². The molecule has 93 heavy (non-hydrogen) atoms. The van der Waals surface area contributed by atoms with Gasteiger partial charge in [-0.3, -0.25) is 14.4 Å². The number of aromatic nitrogens is 9. The van der Waals surface area contributed by atoms with Crippen molar-refractivity contribution in [1.82, 2.24) is 43.6 Å². The fourth-order valence-electron chi connectivity index (χ4n) is 7.82. The fourth-order valence-corrected chi connectivity index (χ4v) is 7.82. The Labute approximate surface area is 592 Å². The third-order valence-electron chi connectivity index (χ3n) is 12.2. The predicted octanol–water partition coefficient (Wildman–Crippen LogP) is 11.4. The van der Waals surface area contributed by atoms with Crippen molar-refractivity contribution in [2.45, 2.75) is 109 Å². The van der Waals surface area contributed by atoms with E-state index in [2.05, 4.69) is 103 Å². The number of carbonyl (C=O) groups is 4. The van der Waals surface area contributed by atoms with Crippen molar-refractivity contribution >= 4 is 113 Å². The fraction of sp³-hybridized carbons (Fsp3) is 0.387. The smallest absolute Gasteiger partial charge is 0.171 e. The minimum atomic E-state index is -5.19. The van der Waals surface area contributed by atoms with Crippen molar-refractivity contribution in [2.75, 3.05) is 46.8 Å². The van der Waals surface area contributed by atoms with Gasteiger partial charge in [0.2, 0.25) is 5.67 Å². The molecule has 0 radical (unpaired) electrons. The molecule has 10 N–H and O–H groups in total. The molecule has 6 aromatic heterocycles. The van der Waals surface area contributed by atoms with Crippen molar-refractivity contribution in [2.24, 2.45) is 5.73 Å². The van der Waals surface area contributed by atoms with Crippen LogP contribution in [0.15, 0.2) is 148 Å². The minimum Gasteiger partial charge on any atom is -1.00 e. The number of carbonyl (C=O) groups excluding carboxylic acids is 3. The normalized spacial score (nSPS) is 9.98. The van der Waals surface area contributed by atoms with Crippen LogP contribution in [0.4, 0.5) is 13.2 Å². The van der Waals surface area contributed by atoms with E-state index in [9.17, 15) is 27.6 Å². The molecule has 6 heterocycles. The topological polar surface area (TPSA) is 337 Å². The molecule has 0 saturated carbocycles. The number of aromatic amines is 3. The van der Waals surface area contributed by atoms with Crippen molar-refractivity contribution < 1.29 is 91.8 Å². The Kier molecular flexibility index (Phi) is 56.3. The summed E-state index contributed by atoms with van der Waals surface area (Å²) in [4.78, 5) is 64.8. The van der Waals surface area contributed by atoms with Crippen LogP contribution in [0.2, 0.25) is 0 Å². The number of Topliss-reactive ketones (excluding diaryl/α,β-unsaturated/α-hetero) is 2. The summed E-state index contributed by atoms with van der Waals surface area (Å²) in [5, 5.41) is 20.9. The molecule has 0 aliphatic rings. The summed E-state index contributed by atoms with van der Waals surface area (Å²) in [7, 11) is 3.74. The van der Waals surface area contributed by atoms with Gasteiger partial charge in [0.05, 0.1) is 19.0 Å². The number of halogens is 8. The number of nitrogens with zero attached hydrogens (tertiary/aromatic N) is 7. The van der Waals surface area contributed by atoms with Crippen LogP contribution in [0.25, 0.3) is 55.6 Å². The zero-order valence-corrected chi connectivity index (χ0v) is 62.4. The van der Waals surface area contributed by atoms with E-state index < -0.39 is 18.1 Å². The van der Waals surface area contributed by atoms with Crippen molar-refractivity contribution in [3.8, 4) is 0 Å². The quantitative estimate of drug-likeness (QED) is 0.0216. The number of alkyl halides is 3. The number of nitrogens with two attached hydrogens (primary N) is 1. The summed E-state index contributed by atoms with van der Waals surface area (Å²) in [6.07, 6.45) is 27.4. The molecule has 0 saturated heterocycles. The van der Waals surface area contributed by atoms with Gasteiger partial charge in [0.1, 0.15) is 31.6 Å². The number of aliphatic carboxylic acids is 2. The predicted molar refractivity (Wildman–Crippen MR) is 364 cm³/mol. The number of imidazole rings is 3. The second kappa shape index (κ2) is 58.2. The molecule has 0 aliphatic carbocycles. The molecule has 521 valence electrons. The molecule has 21 nitrogen and oxygen atoms in total. The first kappa shape index (κ1) is 89.9. The molecule has 0 atom stereocenters. The van der Waals surface area contributed by atoms with Gasteiger partial charge in [0.15, 0.2) is 0 Å². The molecule has 0 fully saturated rings. The van der Waals surface area contributed by atoms with Gasteiger partial charge in [-0.25, -0.2) is 19.5 Å². The number of rotatable bonds is 24. The third-order valence-corrected chi connectivity index (χ3v) is 12.6. The van der Waals surface area contributed by atoms with E-state index in [4.69, 9.17) is 55.3 Å².